The second kappa shape index (κ2) is 5.84. The van der Waals surface area contributed by atoms with Crippen molar-refractivity contribution >= 4 is 34.8 Å². The number of aromatic nitrogens is 2. The molecular formula is C13H13ClN2O3. The van der Waals surface area contributed by atoms with Gasteiger partial charge in [-0.1, -0.05) is 11.6 Å². The van der Waals surface area contributed by atoms with Gasteiger partial charge in [-0.2, -0.15) is 5.10 Å². The van der Waals surface area contributed by atoms with Gasteiger partial charge in [0.1, 0.15) is 5.69 Å². The zero-order valence-electron chi connectivity index (χ0n) is 10.4. The number of carbonyl (C=O) groups is 2. The van der Waals surface area contributed by atoms with Gasteiger partial charge in [-0.15, -0.1) is 0 Å². The molecule has 0 unspecified atom stereocenters. The average molecular weight is 281 g/mol. The van der Waals surface area contributed by atoms with Crippen molar-refractivity contribution in [2.45, 2.75) is 19.4 Å². The van der Waals surface area contributed by atoms with Crippen LogP contribution in [-0.2, 0) is 16.1 Å². The van der Waals surface area contributed by atoms with Gasteiger partial charge in [-0.25, -0.2) is 0 Å². The van der Waals surface area contributed by atoms with Crippen LogP contribution >= 0.6 is 11.6 Å². The lowest BCUT2D eigenvalue weighted by Crippen LogP contribution is -2.05. The molecule has 1 aromatic heterocycles. The predicted octanol–water partition coefficient (Wildman–Crippen LogP) is 2.46. The van der Waals surface area contributed by atoms with E-state index in [1.165, 1.54) is 7.11 Å². The fourth-order valence-electron chi connectivity index (χ4n) is 1.91. The molecule has 2 aromatic rings. The molecule has 1 aromatic carbocycles. The highest BCUT2D eigenvalue weighted by Gasteiger charge is 2.10. The van der Waals surface area contributed by atoms with Gasteiger partial charge in [0.25, 0.3) is 0 Å². The van der Waals surface area contributed by atoms with Crippen LogP contribution in [0.5, 0.6) is 0 Å². The van der Waals surface area contributed by atoms with E-state index >= 15 is 0 Å². The number of hydrogen-bond donors (Lipinski definition) is 0. The van der Waals surface area contributed by atoms with Gasteiger partial charge in [-0.05, 0) is 24.6 Å². The van der Waals surface area contributed by atoms with Gasteiger partial charge in [0.05, 0.1) is 12.6 Å². The van der Waals surface area contributed by atoms with E-state index in [0.29, 0.717) is 36.4 Å². The zero-order chi connectivity index (χ0) is 13.8. The number of nitrogens with zero attached hydrogens (tertiary/aromatic N) is 2. The number of carbonyl (C=O) groups excluding carboxylic acids is 2. The highest BCUT2D eigenvalue weighted by Crippen LogP contribution is 2.22. The van der Waals surface area contributed by atoms with Crippen molar-refractivity contribution < 1.29 is 14.3 Å². The van der Waals surface area contributed by atoms with E-state index < -0.39 is 0 Å². The van der Waals surface area contributed by atoms with Crippen LogP contribution in [0.2, 0.25) is 5.02 Å². The molecule has 1 heterocycles. The van der Waals surface area contributed by atoms with Crippen LogP contribution in [0, 0.1) is 0 Å². The predicted molar refractivity (Wildman–Crippen MR) is 71.4 cm³/mol. The van der Waals surface area contributed by atoms with Gasteiger partial charge in [-0.3, -0.25) is 14.3 Å². The smallest absolute Gasteiger partial charge is 0.305 e. The minimum absolute atomic E-state index is 0.255. The maximum absolute atomic E-state index is 11.0. The number of benzene rings is 1. The van der Waals surface area contributed by atoms with Crippen LogP contribution in [0.3, 0.4) is 0 Å². The number of rotatable bonds is 5. The Kier molecular flexibility index (Phi) is 4.16. The largest absolute Gasteiger partial charge is 0.469 e. The summed E-state index contributed by atoms with van der Waals surface area (Å²) >= 11 is 5.91. The minimum atomic E-state index is -0.255. The Balaban J connectivity index is 2.23. The monoisotopic (exact) mass is 280 g/mol. The van der Waals surface area contributed by atoms with Gasteiger partial charge >= 0.3 is 5.97 Å². The molecule has 2 rings (SSSR count). The third-order valence-electron chi connectivity index (χ3n) is 2.83. The normalized spacial score (nSPS) is 10.6. The van der Waals surface area contributed by atoms with E-state index in [2.05, 4.69) is 9.84 Å². The number of halogens is 1. The van der Waals surface area contributed by atoms with Crippen molar-refractivity contribution in [1.82, 2.24) is 9.78 Å². The Hall–Kier alpha value is -1.88. The summed E-state index contributed by atoms with van der Waals surface area (Å²) in [5, 5.41) is 5.49. The number of esters is 1. The van der Waals surface area contributed by atoms with E-state index in [-0.39, 0.29) is 5.97 Å². The number of aryl methyl sites for hydroxylation is 1. The summed E-state index contributed by atoms with van der Waals surface area (Å²) in [6.45, 7) is 0.543. The van der Waals surface area contributed by atoms with Crippen molar-refractivity contribution in [2.24, 2.45) is 0 Å². The Morgan fingerprint density at radius 2 is 2.32 bits per heavy atom. The number of fused-ring (bicyclic) bond motifs is 1. The Morgan fingerprint density at radius 1 is 1.53 bits per heavy atom. The third kappa shape index (κ3) is 2.93. The first-order chi connectivity index (χ1) is 9.15. The third-order valence-corrected chi connectivity index (χ3v) is 3.07. The molecule has 5 nitrogen and oxygen atoms in total. The van der Waals surface area contributed by atoms with E-state index in [1.807, 2.05) is 6.07 Å². The lowest BCUT2D eigenvalue weighted by molar-refractivity contribution is -0.140. The number of methoxy groups -OCH3 is 1. The summed E-state index contributed by atoms with van der Waals surface area (Å²) in [5.74, 6) is -0.255. The minimum Gasteiger partial charge on any atom is -0.469 e. The molecule has 0 spiro atoms. The van der Waals surface area contributed by atoms with Crippen LogP contribution in [0.25, 0.3) is 10.9 Å². The van der Waals surface area contributed by atoms with Crippen molar-refractivity contribution in [3.05, 3.63) is 28.9 Å². The summed E-state index contributed by atoms with van der Waals surface area (Å²) in [4.78, 5) is 22.0. The molecule has 0 bridgehead atoms. The topological polar surface area (TPSA) is 61.2 Å². The SMILES string of the molecule is COC(=O)CCCn1nc(C=O)c2cc(Cl)ccc21. The van der Waals surface area contributed by atoms with Gasteiger partial charge < -0.3 is 4.74 Å². The summed E-state index contributed by atoms with van der Waals surface area (Å²) in [5.41, 5.74) is 1.19. The number of hydrogen-bond acceptors (Lipinski definition) is 4. The molecule has 6 heteroatoms. The summed E-state index contributed by atoms with van der Waals surface area (Å²) in [6.07, 6.45) is 1.63. The van der Waals surface area contributed by atoms with Gasteiger partial charge in [0.2, 0.25) is 0 Å². The molecule has 0 radical (unpaired) electrons. The molecule has 0 N–H and O–H groups in total. The molecule has 0 saturated carbocycles. The lowest BCUT2D eigenvalue weighted by atomic mass is 10.2. The molecule has 0 fully saturated rings. The fourth-order valence-corrected chi connectivity index (χ4v) is 2.08. The van der Waals surface area contributed by atoms with Crippen LogP contribution < -0.4 is 0 Å². The summed E-state index contributed by atoms with van der Waals surface area (Å²) in [7, 11) is 1.36. The highest BCUT2D eigenvalue weighted by atomic mass is 35.5. The first-order valence-corrected chi connectivity index (χ1v) is 6.21. The molecule has 19 heavy (non-hydrogen) atoms. The molecule has 0 aliphatic heterocycles. The summed E-state index contributed by atoms with van der Waals surface area (Å²) < 4.78 is 6.28. The van der Waals surface area contributed by atoms with Gasteiger partial charge in [0.15, 0.2) is 6.29 Å². The number of ether oxygens (including phenoxy) is 1. The van der Waals surface area contributed by atoms with Crippen LogP contribution in [0.4, 0.5) is 0 Å². The summed E-state index contributed by atoms with van der Waals surface area (Å²) in [6, 6.07) is 5.27. The molecule has 0 atom stereocenters. The molecule has 0 aliphatic rings. The van der Waals surface area contributed by atoms with Crippen LogP contribution in [0.1, 0.15) is 23.3 Å². The molecule has 0 aliphatic carbocycles. The fraction of sp³-hybridized carbons (Fsp3) is 0.308. The van der Waals surface area contributed by atoms with Crippen molar-refractivity contribution in [3.63, 3.8) is 0 Å². The second-order valence-corrected chi connectivity index (χ2v) is 4.50. The lowest BCUT2D eigenvalue weighted by Gasteiger charge is -2.03. The Morgan fingerprint density at radius 3 is 3.00 bits per heavy atom. The van der Waals surface area contributed by atoms with Crippen molar-refractivity contribution in [1.29, 1.82) is 0 Å². The highest BCUT2D eigenvalue weighted by molar-refractivity contribution is 6.31. The first kappa shape index (κ1) is 13.5. The van der Waals surface area contributed by atoms with Crippen LogP contribution in [-0.4, -0.2) is 29.1 Å². The van der Waals surface area contributed by atoms with Crippen LogP contribution in [0.15, 0.2) is 18.2 Å². The maximum atomic E-state index is 11.0. The number of aldehydes is 1. The molecule has 100 valence electrons. The maximum Gasteiger partial charge on any atom is 0.305 e. The van der Waals surface area contributed by atoms with E-state index in [9.17, 15) is 9.59 Å². The Labute approximate surface area is 115 Å². The zero-order valence-corrected chi connectivity index (χ0v) is 11.2. The Bertz CT molecular complexity index is 622. The van der Waals surface area contributed by atoms with Crippen molar-refractivity contribution in [2.75, 3.05) is 7.11 Å². The van der Waals surface area contributed by atoms with Crippen molar-refractivity contribution in [3.8, 4) is 0 Å². The van der Waals surface area contributed by atoms with E-state index in [4.69, 9.17) is 11.6 Å². The molecule has 0 saturated heterocycles. The average Bonchev–Trinajstić information content (AvgIpc) is 2.76. The van der Waals surface area contributed by atoms with E-state index in [0.717, 1.165) is 10.9 Å². The van der Waals surface area contributed by atoms with Gasteiger partial charge in [0, 0.05) is 23.4 Å². The molecular weight excluding hydrogens is 268 g/mol. The quantitative estimate of drug-likeness (QED) is 0.623. The second-order valence-electron chi connectivity index (χ2n) is 4.07. The standard InChI is InChI=1S/C13H13ClN2O3/c1-19-13(18)3-2-6-16-12-5-4-9(14)7-10(12)11(8-17)15-16/h4-5,7-8H,2-3,6H2,1H3. The first-order valence-electron chi connectivity index (χ1n) is 5.83. The van der Waals surface area contributed by atoms with E-state index in [1.54, 1.807) is 16.8 Å². The molecule has 0 amide bonds.